The standard InChI is InChI=1S/C27H38N8O/c1-18-13-23(20-14-29-33(4)25(20)30-18)34-12-5-22-21(16-34)19(2)32-35(22)17-26-6-9-27(10-7-26,11-8-26)31-24(36)15-28-3/h13-14,28H,5-12,15-17H2,1-4H3,(H,31,36). The first-order valence-electron chi connectivity index (χ1n) is 13.4. The Morgan fingerprint density at radius 1 is 1.14 bits per heavy atom. The van der Waals surface area contributed by atoms with Gasteiger partial charge in [0, 0.05) is 55.6 Å². The predicted octanol–water partition coefficient (Wildman–Crippen LogP) is 2.77. The van der Waals surface area contributed by atoms with Crippen LogP contribution in [0.4, 0.5) is 5.69 Å². The van der Waals surface area contributed by atoms with Crippen LogP contribution >= 0.6 is 0 Å². The molecule has 0 saturated heterocycles. The lowest BCUT2D eigenvalue weighted by molar-refractivity contribution is -0.124. The zero-order chi connectivity index (χ0) is 25.1. The Morgan fingerprint density at radius 2 is 1.89 bits per heavy atom. The van der Waals surface area contributed by atoms with Gasteiger partial charge in [0.05, 0.1) is 29.5 Å². The maximum absolute atomic E-state index is 12.2. The molecule has 2 bridgehead atoms. The first-order chi connectivity index (χ1) is 17.3. The number of aromatic nitrogens is 5. The van der Waals surface area contributed by atoms with Gasteiger partial charge in [0.15, 0.2) is 5.65 Å². The van der Waals surface area contributed by atoms with Gasteiger partial charge in [-0.25, -0.2) is 4.98 Å². The molecule has 3 fully saturated rings. The summed E-state index contributed by atoms with van der Waals surface area (Å²) in [6, 6.07) is 2.19. The number of nitrogens with one attached hydrogen (secondary N) is 2. The normalized spacial score (nSPS) is 25.4. The van der Waals surface area contributed by atoms with E-state index in [0.29, 0.717) is 12.0 Å². The molecule has 192 valence electrons. The number of anilines is 1. The van der Waals surface area contributed by atoms with Gasteiger partial charge in [-0.3, -0.25) is 14.2 Å². The van der Waals surface area contributed by atoms with Crippen LogP contribution in [0, 0.1) is 19.3 Å². The van der Waals surface area contributed by atoms with E-state index in [-0.39, 0.29) is 11.4 Å². The summed E-state index contributed by atoms with van der Waals surface area (Å²) in [7, 11) is 3.78. The number of hydrogen-bond donors (Lipinski definition) is 2. The molecule has 9 heteroatoms. The van der Waals surface area contributed by atoms with Crippen molar-refractivity contribution in [3.63, 3.8) is 0 Å². The molecular weight excluding hydrogens is 452 g/mol. The third-order valence-electron chi connectivity index (χ3n) is 9.12. The molecule has 2 N–H and O–H groups in total. The third kappa shape index (κ3) is 3.88. The van der Waals surface area contributed by atoms with Crippen LogP contribution < -0.4 is 15.5 Å². The highest BCUT2D eigenvalue weighted by molar-refractivity contribution is 5.89. The lowest BCUT2D eigenvalue weighted by Crippen LogP contribution is -2.58. The lowest BCUT2D eigenvalue weighted by atomic mass is 9.57. The van der Waals surface area contributed by atoms with Crippen molar-refractivity contribution in [3.05, 3.63) is 34.9 Å². The van der Waals surface area contributed by atoms with Crippen molar-refractivity contribution in [1.29, 1.82) is 0 Å². The molecule has 0 spiro atoms. The van der Waals surface area contributed by atoms with E-state index in [1.807, 2.05) is 25.0 Å². The number of rotatable bonds is 6. The molecule has 3 aromatic rings. The fourth-order valence-electron chi connectivity index (χ4n) is 6.99. The van der Waals surface area contributed by atoms with Crippen LogP contribution in [0.2, 0.25) is 0 Å². The summed E-state index contributed by atoms with van der Waals surface area (Å²) in [5.41, 5.74) is 7.44. The quantitative estimate of drug-likeness (QED) is 0.552. The smallest absolute Gasteiger partial charge is 0.234 e. The molecule has 0 atom stereocenters. The van der Waals surface area contributed by atoms with Gasteiger partial charge < -0.3 is 15.5 Å². The van der Waals surface area contributed by atoms with Crippen LogP contribution in [-0.2, 0) is 31.4 Å². The number of aryl methyl sites for hydroxylation is 3. The van der Waals surface area contributed by atoms with Crippen LogP contribution in [-0.4, -0.2) is 56.1 Å². The Bertz CT molecular complexity index is 1300. The van der Waals surface area contributed by atoms with Gasteiger partial charge in [0.25, 0.3) is 0 Å². The van der Waals surface area contributed by atoms with Gasteiger partial charge in [-0.1, -0.05) is 0 Å². The number of carbonyl (C=O) groups excluding carboxylic acids is 1. The van der Waals surface area contributed by atoms with E-state index in [9.17, 15) is 4.79 Å². The molecule has 0 unspecified atom stereocenters. The molecule has 4 heterocycles. The van der Waals surface area contributed by atoms with Crippen LogP contribution in [0.1, 0.15) is 61.2 Å². The molecule has 0 radical (unpaired) electrons. The van der Waals surface area contributed by atoms with Crippen molar-refractivity contribution in [1.82, 2.24) is 35.2 Å². The summed E-state index contributed by atoms with van der Waals surface area (Å²) in [5.74, 6) is 0.126. The molecule has 3 saturated carbocycles. The second-order valence-corrected chi connectivity index (χ2v) is 11.5. The van der Waals surface area contributed by atoms with E-state index in [4.69, 9.17) is 10.1 Å². The van der Waals surface area contributed by atoms with Crippen LogP contribution in [0.15, 0.2) is 12.3 Å². The Kier molecular flexibility index (Phi) is 5.59. The lowest BCUT2D eigenvalue weighted by Gasteiger charge is -2.53. The highest BCUT2D eigenvalue weighted by Crippen LogP contribution is 2.53. The van der Waals surface area contributed by atoms with E-state index >= 15 is 0 Å². The molecule has 1 aliphatic heterocycles. The summed E-state index contributed by atoms with van der Waals surface area (Å²) in [5, 5.41) is 17.0. The first-order valence-corrected chi connectivity index (χ1v) is 13.4. The highest BCUT2D eigenvalue weighted by atomic mass is 16.2. The Balaban J connectivity index is 1.20. The van der Waals surface area contributed by atoms with Gasteiger partial charge in [0.1, 0.15) is 0 Å². The fourth-order valence-corrected chi connectivity index (χ4v) is 6.99. The Morgan fingerprint density at radius 3 is 2.61 bits per heavy atom. The summed E-state index contributed by atoms with van der Waals surface area (Å²) in [6.07, 6.45) is 9.70. The van der Waals surface area contributed by atoms with E-state index in [0.717, 1.165) is 67.7 Å². The largest absolute Gasteiger partial charge is 0.366 e. The van der Waals surface area contributed by atoms with Crippen molar-refractivity contribution in [2.24, 2.45) is 12.5 Å². The average molecular weight is 491 g/mol. The number of likely N-dealkylation sites (N-methyl/N-ethyl adjacent to an activating group) is 1. The van der Waals surface area contributed by atoms with Gasteiger partial charge in [-0.05, 0) is 70.9 Å². The molecule has 4 aliphatic rings. The zero-order valence-electron chi connectivity index (χ0n) is 22.0. The average Bonchev–Trinajstić information content (AvgIpc) is 3.38. The molecule has 0 aromatic carbocycles. The van der Waals surface area contributed by atoms with E-state index in [1.165, 1.54) is 36.2 Å². The Labute approximate surface area is 212 Å². The number of hydrogen-bond acceptors (Lipinski definition) is 6. The second kappa shape index (κ2) is 8.57. The van der Waals surface area contributed by atoms with Crippen molar-refractivity contribution in [2.45, 2.75) is 77.4 Å². The fraction of sp³-hybridized carbons (Fsp3) is 0.630. The molecule has 3 aromatic heterocycles. The minimum Gasteiger partial charge on any atom is -0.366 e. The number of amides is 1. The van der Waals surface area contributed by atoms with Gasteiger partial charge in [-0.2, -0.15) is 10.2 Å². The van der Waals surface area contributed by atoms with Crippen molar-refractivity contribution < 1.29 is 4.79 Å². The minimum absolute atomic E-state index is 0.00987. The van der Waals surface area contributed by atoms with Crippen LogP contribution in [0.25, 0.3) is 11.0 Å². The van der Waals surface area contributed by atoms with Crippen LogP contribution in [0.3, 0.4) is 0 Å². The second-order valence-electron chi connectivity index (χ2n) is 11.5. The number of carbonyl (C=O) groups is 1. The predicted molar refractivity (Wildman–Crippen MR) is 140 cm³/mol. The van der Waals surface area contributed by atoms with Crippen molar-refractivity contribution in [3.8, 4) is 0 Å². The van der Waals surface area contributed by atoms with Gasteiger partial charge >= 0.3 is 0 Å². The molecule has 36 heavy (non-hydrogen) atoms. The molecule has 9 nitrogen and oxygen atoms in total. The first kappa shape index (κ1) is 23.5. The topological polar surface area (TPSA) is 92.9 Å². The summed E-state index contributed by atoms with van der Waals surface area (Å²) in [6.45, 7) is 7.47. The maximum Gasteiger partial charge on any atom is 0.234 e. The minimum atomic E-state index is 0.00987. The van der Waals surface area contributed by atoms with Gasteiger partial charge in [-0.15, -0.1) is 0 Å². The van der Waals surface area contributed by atoms with Crippen molar-refractivity contribution in [2.75, 3.05) is 25.0 Å². The van der Waals surface area contributed by atoms with Crippen molar-refractivity contribution >= 4 is 22.6 Å². The summed E-state index contributed by atoms with van der Waals surface area (Å²) >= 11 is 0. The third-order valence-corrected chi connectivity index (χ3v) is 9.12. The highest BCUT2D eigenvalue weighted by Gasteiger charge is 2.49. The molecule has 3 aliphatic carbocycles. The van der Waals surface area contributed by atoms with E-state index < -0.39 is 0 Å². The summed E-state index contributed by atoms with van der Waals surface area (Å²) in [4.78, 5) is 19.4. The molecular formula is C27H38N8O. The zero-order valence-corrected chi connectivity index (χ0v) is 22.0. The maximum atomic E-state index is 12.2. The van der Waals surface area contributed by atoms with Gasteiger partial charge in [0.2, 0.25) is 5.91 Å². The number of fused-ring (bicyclic) bond motifs is 5. The molecule has 1 amide bonds. The number of pyridine rings is 1. The Hall–Kier alpha value is -2.94. The SMILES string of the molecule is CNCC(=O)NC12CCC(Cn3nc(C)c4c3CCN(c3cc(C)nc5c3cnn5C)C4)(CC1)CC2. The van der Waals surface area contributed by atoms with E-state index in [2.05, 4.69) is 45.2 Å². The van der Waals surface area contributed by atoms with Crippen LogP contribution in [0.5, 0.6) is 0 Å². The molecule has 7 rings (SSSR count). The monoisotopic (exact) mass is 490 g/mol. The van der Waals surface area contributed by atoms with E-state index in [1.54, 1.807) is 0 Å². The summed E-state index contributed by atoms with van der Waals surface area (Å²) < 4.78 is 4.20. The number of nitrogens with zero attached hydrogens (tertiary/aromatic N) is 6.